The zero-order valence-corrected chi connectivity index (χ0v) is 19.7. The molecule has 0 bridgehead atoms. The van der Waals surface area contributed by atoms with Gasteiger partial charge < -0.3 is 10.2 Å². The van der Waals surface area contributed by atoms with Crippen LogP contribution in [0.3, 0.4) is 0 Å². The maximum absolute atomic E-state index is 13.2. The van der Waals surface area contributed by atoms with Gasteiger partial charge in [-0.25, -0.2) is 0 Å². The third kappa shape index (κ3) is 7.37. The smallest absolute Gasteiger partial charge is 0.243 e. The van der Waals surface area contributed by atoms with Crippen LogP contribution in [0.25, 0.3) is 0 Å². The number of carbonyl (C=O) groups excluding carboxylic acids is 2. The van der Waals surface area contributed by atoms with Crippen molar-refractivity contribution in [3.63, 3.8) is 0 Å². The summed E-state index contributed by atoms with van der Waals surface area (Å²) in [5, 5.41) is 3.54. The molecule has 0 radical (unpaired) electrons. The fraction of sp³-hybridized carbons (Fsp3) is 0.417. The predicted octanol–water partition coefficient (Wildman–Crippen LogP) is 5.21. The Hall–Kier alpha value is -1.98. The Bertz CT molecular complexity index is 839. The summed E-state index contributed by atoms with van der Waals surface area (Å²) in [5.41, 5.74) is 3.24. The van der Waals surface area contributed by atoms with Crippen molar-refractivity contribution < 1.29 is 9.59 Å². The molecule has 0 spiro atoms. The fourth-order valence-electron chi connectivity index (χ4n) is 3.13. The number of nitrogens with zero attached hydrogens (tertiary/aromatic N) is 1. The molecule has 0 saturated carbocycles. The van der Waals surface area contributed by atoms with E-state index in [1.54, 1.807) is 22.7 Å². The van der Waals surface area contributed by atoms with Crippen molar-refractivity contribution in [1.29, 1.82) is 0 Å². The van der Waals surface area contributed by atoms with Crippen molar-refractivity contribution in [3.8, 4) is 0 Å². The molecule has 2 rings (SSSR count). The lowest BCUT2D eigenvalue weighted by molar-refractivity contribution is -0.139. The highest BCUT2D eigenvalue weighted by atomic mass is 35.5. The average Bonchev–Trinajstić information content (AvgIpc) is 2.70. The van der Waals surface area contributed by atoms with Gasteiger partial charge >= 0.3 is 0 Å². The van der Waals surface area contributed by atoms with Gasteiger partial charge in [-0.05, 0) is 44.4 Å². The third-order valence-electron chi connectivity index (χ3n) is 4.73. The van der Waals surface area contributed by atoms with Crippen LogP contribution in [0, 0.1) is 6.92 Å². The number of carbonyl (C=O) groups is 2. The summed E-state index contributed by atoms with van der Waals surface area (Å²) in [4.78, 5) is 27.6. The highest BCUT2D eigenvalue weighted by Gasteiger charge is 2.29. The molecule has 6 heteroatoms. The van der Waals surface area contributed by atoms with Crippen LogP contribution in [0.1, 0.15) is 43.9 Å². The second kappa shape index (κ2) is 12.0. The van der Waals surface area contributed by atoms with Gasteiger partial charge in [0.25, 0.3) is 0 Å². The number of thioether (sulfide) groups is 1. The molecule has 2 aromatic carbocycles. The minimum atomic E-state index is -0.531. The van der Waals surface area contributed by atoms with Crippen LogP contribution in [0.4, 0.5) is 0 Å². The van der Waals surface area contributed by atoms with Crippen molar-refractivity contribution in [2.75, 3.05) is 5.75 Å². The van der Waals surface area contributed by atoms with Crippen LogP contribution >= 0.6 is 23.4 Å². The monoisotopic (exact) mass is 446 g/mol. The van der Waals surface area contributed by atoms with Gasteiger partial charge in [0, 0.05) is 23.4 Å². The highest BCUT2D eigenvalue weighted by molar-refractivity contribution is 7.99. The van der Waals surface area contributed by atoms with E-state index in [9.17, 15) is 9.59 Å². The van der Waals surface area contributed by atoms with E-state index in [1.165, 1.54) is 11.1 Å². The molecule has 162 valence electrons. The Morgan fingerprint density at radius 1 is 1.10 bits per heavy atom. The number of halogens is 1. The fourth-order valence-corrected chi connectivity index (χ4v) is 4.20. The van der Waals surface area contributed by atoms with Gasteiger partial charge in [0.1, 0.15) is 6.04 Å². The largest absolute Gasteiger partial charge is 0.352 e. The van der Waals surface area contributed by atoms with E-state index in [0.717, 1.165) is 11.3 Å². The molecule has 2 aromatic rings. The molecule has 0 aliphatic carbocycles. The Morgan fingerprint density at radius 2 is 1.77 bits per heavy atom. The summed E-state index contributed by atoms with van der Waals surface area (Å²) in [6.07, 6.45) is 0.539. The molecule has 4 nitrogen and oxygen atoms in total. The number of hydrogen-bond donors (Lipinski definition) is 1. The Morgan fingerprint density at radius 3 is 2.37 bits per heavy atom. The van der Waals surface area contributed by atoms with Crippen molar-refractivity contribution >= 4 is 35.2 Å². The average molecular weight is 447 g/mol. The van der Waals surface area contributed by atoms with Crippen molar-refractivity contribution in [1.82, 2.24) is 10.2 Å². The van der Waals surface area contributed by atoms with Gasteiger partial charge in [-0.1, -0.05) is 66.6 Å². The van der Waals surface area contributed by atoms with Crippen LogP contribution < -0.4 is 5.32 Å². The molecule has 0 aromatic heterocycles. The van der Waals surface area contributed by atoms with Crippen LogP contribution in [0.2, 0.25) is 5.02 Å². The Labute approximate surface area is 189 Å². The van der Waals surface area contributed by atoms with Crippen molar-refractivity contribution in [2.45, 2.75) is 58.5 Å². The Balaban J connectivity index is 2.13. The first kappa shape index (κ1) is 24.3. The third-order valence-corrected chi connectivity index (χ3v) is 6.09. The van der Waals surface area contributed by atoms with Gasteiger partial charge in [0.05, 0.1) is 5.75 Å². The lowest BCUT2D eigenvalue weighted by Crippen LogP contribution is -2.51. The molecule has 0 unspecified atom stereocenters. The number of aryl methyl sites for hydroxylation is 1. The van der Waals surface area contributed by atoms with E-state index in [2.05, 4.69) is 36.5 Å². The number of benzene rings is 2. The first-order valence-electron chi connectivity index (χ1n) is 10.3. The van der Waals surface area contributed by atoms with Gasteiger partial charge in [0.2, 0.25) is 11.8 Å². The molecular formula is C24H31ClN2O2S. The summed E-state index contributed by atoms with van der Waals surface area (Å²) in [6.45, 7) is 8.13. The predicted molar refractivity (Wildman–Crippen MR) is 127 cm³/mol. The van der Waals surface area contributed by atoms with Crippen LogP contribution in [-0.4, -0.2) is 34.6 Å². The van der Waals surface area contributed by atoms with E-state index in [4.69, 9.17) is 11.6 Å². The van der Waals surface area contributed by atoms with Crippen LogP contribution in [0.15, 0.2) is 48.5 Å². The quantitative estimate of drug-likeness (QED) is 0.544. The van der Waals surface area contributed by atoms with Crippen LogP contribution in [0.5, 0.6) is 0 Å². The normalized spacial score (nSPS) is 11.9. The Kier molecular flexibility index (Phi) is 9.73. The standard InChI is InChI=1S/C24H31ClN2O2S/c1-5-22(24(29)26-17(2)3)27(14-20-8-6-7-9-21(20)25)23(28)16-30-15-19-12-10-18(4)11-13-19/h6-13,17,22H,5,14-16H2,1-4H3,(H,26,29)/t22-/m0/s1. The number of hydrogen-bond acceptors (Lipinski definition) is 3. The molecule has 0 aliphatic rings. The van der Waals surface area contributed by atoms with E-state index in [1.807, 2.05) is 39.0 Å². The second-order valence-electron chi connectivity index (χ2n) is 7.68. The minimum absolute atomic E-state index is 0.0136. The molecule has 0 heterocycles. The van der Waals surface area contributed by atoms with E-state index >= 15 is 0 Å². The van der Waals surface area contributed by atoms with Gasteiger partial charge in [-0.15, -0.1) is 11.8 Å². The summed E-state index contributed by atoms with van der Waals surface area (Å²) in [6, 6.07) is 15.3. The van der Waals surface area contributed by atoms with Gasteiger partial charge in [-0.3, -0.25) is 9.59 Å². The maximum atomic E-state index is 13.2. The van der Waals surface area contributed by atoms with Gasteiger partial charge in [0.15, 0.2) is 0 Å². The second-order valence-corrected chi connectivity index (χ2v) is 9.07. The summed E-state index contributed by atoms with van der Waals surface area (Å²) >= 11 is 7.90. The maximum Gasteiger partial charge on any atom is 0.243 e. The lowest BCUT2D eigenvalue weighted by Gasteiger charge is -2.31. The van der Waals surface area contributed by atoms with E-state index in [0.29, 0.717) is 23.7 Å². The zero-order valence-electron chi connectivity index (χ0n) is 18.2. The minimum Gasteiger partial charge on any atom is -0.352 e. The molecule has 0 saturated heterocycles. The SMILES string of the molecule is CC[C@@H](C(=O)NC(C)C)N(Cc1ccccc1Cl)C(=O)CSCc1ccc(C)cc1. The van der Waals surface area contributed by atoms with Crippen LogP contribution in [-0.2, 0) is 21.9 Å². The summed E-state index contributed by atoms with van der Waals surface area (Å²) in [5.74, 6) is 0.874. The first-order valence-corrected chi connectivity index (χ1v) is 11.8. The molecular weight excluding hydrogens is 416 g/mol. The molecule has 2 amide bonds. The lowest BCUT2D eigenvalue weighted by atomic mass is 10.1. The topological polar surface area (TPSA) is 49.4 Å². The first-order chi connectivity index (χ1) is 14.3. The van der Waals surface area contributed by atoms with Crippen molar-refractivity contribution in [2.24, 2.45) is 0 Å². The number of rotatable bonds is 10. The summed E-state index contributed by atoms with van der Waals surface area (Å²) < 4.78 is 0. The van der Waals surface area contributed by atoms with Gasteiger partial charge in [-0.2, -0.15) is 0 Å². The highest BCUT2D eigenvalue weighted by Crippen LogP contribution is 2.21. The molecule has 1 N–H and O–H groups in total. The van der Waals surface area contributed by atoms with E-state index < -0.39 is 6.04 Å². The van der Waals surface area contributed by atoms with E-state index in [-0.39, 0.29) is 17.9 Å². The molecule has 0 fully saturated rings. The molecule has 0 aliphatic heterocycles. The summed E-state index contributed by atoms with van der Waals surface area (Å²) in [7, 11) is 0. The zero-order chi connectivity index (χ0) is 22.1. The van der Waals surface area contributed by atoms with Crippen molar-refractivity contribution in [3.05, 3.63) is 70.2 Å². The molecule has 1 atom stereocenters. The number of amides is 2. The number of nitrogens with one attached hydrogen (secondary N) is 1. The molecule has 30 heavy (non-hydrogen) atoms.